The maximum Gasteiger partial charge on any atom is 0.269 e. The van der Waals surface area contributed by atoms with Gasteiger partial charge in [-0.3, -0.25) is 9.11 Å². The van der Waals surface area contributed by atoms with Crippen LogP contribution in [0.5, 0.6) is 0 Å². The van der Waals surface area contributed by atoms with Gasteiger partial charge in [-0.1, -0.05) is 15.9 Å². The SMILES string of the molecule is O=S(=O)(O)CC(CBr)S(=O)(=O)O. The van der Waals surface area contributed by atoms with E-state index in [1.54, 1.807) is 0 Å². The van der Waals surface area contributed by atoms with Gasteiger partial charge in [-0.05, 0) is 0 Å². The van der Waals surface area contributed by atoms with Crippen molar-refractivity contribution in [2.75, 3.05) is 11.1 Å². The summed E-state index contributed by atoms with van der Waals surface area (Å²) < 4.78 is 57.9. The number of alkyl halides is 1. The predicted octanol–water partition coefficient (Wildman–Crippen LogP) is -0.474. The molecule has 0 aliphatic rings. The topological polar surface area (TPSA) is 109 Å². The molecule has 0 saturated heterocycles. The van der Waals surface area contributed by atoms with E-state index in [9.17, 15) is 16.8 Å². The van der Waals surface area contributed by atoms with Crippen LogP contribution in [0.2, 0.25) is 0 Å². The van der Waals surface area contributed by atoms with Crippen molar-refractivity contribution in [2.24, 2.45) is 0 Å². The normalized spacial score (nSPS) is 15.9. The van der Waals surface area contributed by atoms with Crippen molar-refractivity contribution in [3.05, 3.63) is 0 Å². The van der Waals surface area contributed by atoms with Crippen molar-refractivity contribution in [2.45, 2.75) is 5.25 Å². The zero-order valence-corrected chi connectivity index (χ0v) is 8.93. The Morgan fingerprint density at radius 3 is 1.67 bits per heavy atom. The maximum absolute atomic E-state index is 10.4. The van der Waals surface area contributed by atoms with Crippen LogP contribution in [0.3, 0.4) is 0 Å². The second-order valence-corrected chi connectivity index (χ2v) is 5.88. The molecule has 0 bridgehead atoms. The molecule has 0 radical (unpaired) electrons. The molecule has 0 aliphatic carbocycles. The first-order valence-electron chi connectivity index (χ1n) is 2.64. The van der Waals surface area contributed by atoms with Gasteiger partial charge < -0.3 is 0 Å². The van der Waals surface area contributed by atoms with Crippen molar-refractivity contribution < 1.29 is 25.9 Å². The van der Waals surface area contributed by atoms with Crippen LogP contribution in [0.4, 0.5) is 0 Å². The highest BCUT2D eigenvalue weighted by atomic mass is 79.9. The van der Waals surface area contributed by atoms with E-state index >= 15 is 0 Å². The van der Waals surface area contributed by atoms with E-state index in [2.05, 4.69) is 15.9 Å². The van der Waals surface area contributed by atoms with Gasteiger partial charge in [0, 0.05) is 5.33 Å². The molecule has 0 aromatic carbocycles. The van der Waals surface area contributed by atoms with Gasteiger partial charge in [0.1, 0.15) is 5.25 Å². The fraction of sp³-hybridized carbons (Fsp3) is 1.00. The summed E-state index contributed by atoms with van der Waals surface area (Å²) in [6.45, 7) is 0. The number of halogens is 1. The highest BCUT2D eigenvalue weighted by Crippen LogP contribution is 2.05. The fourth-order valence-electron chi connectivity index (χ4n) is 0.445. The first kappa shape index (κ1) is 12.3. The summed E-state index contributed by atoms with van der Waals surface area (Å²) in [7, 11) is -8.82. The molecular weight excluding hydrogens is 276 g/mol. The highest BCUT2D eigenvalue weighted by Gasteiger charge is 2.26. The minimum atomic E-state index is -4.43. The molecular formula is C3H7BrO6S2. The summed E-state index contributed by atoms with van der Waals surface area (Å²) >= 11 is 2.69. The van der Waals surface area contributed by atoms with Crippen molar-refractivity contribution >= 4 is 36.2 Å². The second-order valence-electron chi connectivity index (χ2n) is 2.04. The molecule has 0 saturated carbocycles. The molecule has 0 spiro atoms. The quantitative estimate of drug-likeness (QED) is 0.533. The van der Waals surface area contributed by atoms with Crippen molar-refractivity contribution in [1.29, 1.82) is 0 Å². The van der Waals surface area contributed by atoms with E-state index in [1.807, 2.05) is 0 Å². The van der Waals surface area contributed by atoms with Crippen molar-refractivity contribution in [3.63, 3.8) is 0 Å². The third-order valence-electron chi connectivity index (χ3n) is 0.990. The van der Waals surface area contributed by atoms with Gasteiger partial charge in [0.05, 0.1) is 5.75 Å². The van der Waals surface area contributed by atoms with Gasteiger partial charge in [0.15, 0.2) is 0 Å². The minimum absolute atomic E-state index is 0.258. The minimum Gasteiger partial charge on any atom is -0.286 e. The van der Waals surface area contributed by atoms with Gasteiger partial charge in [-0.15, -0.1) is 0 Å². The van der Waals surface area contributed by atoms with Gasteiger partial charge >= 0.3 is 0 Å². The Balaban J connectivity index is 4.64. The highest BCUT2D eigenvalue weighted by molar-refractivity contribution is 9.09. The van der Waals surface area contributed by atoms with Crippen molar-refractivity contribution in [1.82, 2.24) is 0 Å². The molecule has 0 aromatic heterocycles. The van der Waals surface area contributed by atoms with E-state index in [0.29, 0.717) is 0 Å². The molecule has 74 valence electrons. The lowest BCUT2D eigenvalue weighted by atomic mass is 10.6. The first-order chi connectivity index (χ1) is 5.17. The van der Waals surface area contributed by atoms with Crippen LogP contribution in [0, 0.1) is 0 Å². The average Bonchev–Trinajstić information content (AvgIpc) is 1.78. The van der Waals surface area contributed by atoms with E-state index in [1.165, 1.54) is 0 Å². The van der Waals surface area contributed by atoms with Crippen LogP contribution in [0.15, 0.2) is 0 Å². The third kappa shape index (κ3) is 5.04. The Morgan fingerprint density at radius 1 is 1.17 bits per heavy atom. The molecule has 9 heteroatoms. The standard InChI is InChI=1S/C3H7BrO6S2/c4-1-3(12(8,9)10)2-11(5,6)7/h3H,1-2H2,(H,5,6,7)(H,8,9,10). The van der Waals surface area contributed by atoms with E-state index < -0.39 is 31.2 Å². The third-order valence-corrected chi connectivity index (χ3v) is 4.41. The molecule has 0 amide bonds. The fourth-order valence-corrected chi connectivity index (χ4v) is 3.93. The van der Waals surface area contributed by atoms with Crippen LogP contribution >= 0.6 is 15.9 Å². The van der Waals surface area contributed by atoms with Gasteiger partial charge in [0.25, 0.3) is 20.2 Å². The Hall–Kier alpha value is 0.300. The van der Waals surface area contributed by atoms with Crippen LogP contribution in [0.1, 0.15) is 0 Å². The van der Waals surface area contributed by atoms with E-state index in [-0.39, 0.29) is 5.33 Å². The molecule has 0 fully saturated rings. The molecule has 0 aliphatic heterocycles. The van der Waals surface area contributed by atoms with Crippen LogP contribution in [-0.4, -0.2) is 42.3 Å². The molecule has 1 unspecified atom stereocenters. The lowest BCUT2D eigenvalue weighted by Gasteiger charge is -2.07. The Bertz CT molecular complexity index is 328. The van der Waals surface area contributed by atoms with Crippen molar-refractivity contribution in [3.8, 4) is 0 Å². The summed E-state index contributed by atoms with van der Waals surface area (Å²) in [6.07, 6.45) is 0. The first-order valence-corrected chi connectivity index (χ1v) is 6.87. The maximum atomic E-state index is 10.4. The summed E-state index contributed by atoms with van der Waals surface area (Å²) in [5, 5.41) is -1.79. The second kappa shape index (κ2) is 4.01. The summed E-state index contributed by atoms with van der Waals surface area (Å²) in [5.41, 5.74) is 0. The van der Waals surface area contributed by atoms with E-state index in [0.717, 1.165) is 0 Å². The molecule has 0 heterocycles. The Morgan fingerprint density at radius 2 is 1.58 bits per heavy atom. The average molecular weight is 283 g/mol. The Labute approximate surface area is 78.6 Å². The van der Waals surface area contributed by atoms with Gasteiger partial charge in [0.2, 0.25) is 0 Å². The summed E-state index contributed by atoms with van der Waals surface area (Å²) in [5.74, 6) is -1.02. The number of hydrogen-bond donors (Lipinski definition) is 2. The van der Waals surface area contributed by atoms with Gasteiger partial charge in [-0.2, -0.15) is 16.8 Å². The van der Waals surface area contributed by atoms with Gasteiger partial charge in [-0.25, -0.2) is 0 Å². The summed E-state index contributed by atoms with van der Waals surface area (Å²) in [6, 6.07) is 0. The number of hydrogen-bond acceptors (Lipinski definition) is 4. The van der Waals surface area contributed by atoms with Crippen LogP contribution in [-0.2, 0) is 20.2 Å². The smallest absolute Gasteiger partial charge is 0.269 e. The molecule has 6 nitrogen and oxygen atoms in total. The van der Waals surface area contributed by atoms with Crippen LogP contribution < -0.4 is 0 Å². The lowest BCUT2D eigenvalue weighted by molar-refractivity contribution is 0.461. The molecule has 1 atom stereocenters. The largest absolute Gasteiger partial charge is 0.286 e. The molecule has 0 rings (SSSR count). The zero-order valence-electron chi connectivity index (χ0n) is 5.71. The number of rotatable bonds is 4. The monoisotopic (exact) mass is 282 g/mol. The zero-order chi connectivity index (χ0) is 9.99. The lowest BCUT2D eigenvalue weighted by Crippen LogP contribution is -2.30. The van der Waals surface area contributed by atoms with E-state index in [4.69, 9.17) is 9.11 Å². The molecule has 12 heavy (non-hydrogen) atoms. The summed E-state index contributed by atoms with van der Waals surface area (Å²) in [4.78, 5) is 0. The van der Waals surface area contributed by atoms with Crippen LogP contribution in [0.25, 0.3) is 0 Å². The Kier molecular flexibility index (Phi) is 4.11. The predicted molar refractivity (Wildman–Crippen MR) is 45.5 cm³/mol. The molecule has 0 aromatic rings. The molecule has 2 N–H and O–H groups in total.